The fraction of sp³-hybridized carbons (Fsp3) is 0.368. The van der Waals surface area contributed by atoms with E-state index in [1.807, 2.05) is 39.0 Å². The Kier molecular flexibility index (Phi) is 4.37. The number of benzene rings is 2. The molecule has 0 bridgehead atoms. The Labute approximate surface area is 151 Å². The molecule has 0 fully saturated rings. The molecule has 132 valence electrons. The van der Waals surface area contributed by atoms with Gasteiger partial charge in [0.2, 0.25) is 5.91 Å². The largest absolute Gasteiger partial charge is 0.443 e. The highest BCUT2D eigenvalue weighted by molar-refractivity contribution is 6.19. The summed E-state index contributed by atoms with van der Waals surface area (Å²) >= 11 is 6.17. The molecule has 6 heteroatoms. The molecule has 3 rings (SSSR count). The Morgan fingerprint density at radius 1 is 1.28 bits per heavy atom. The Bertz CT molecular complexity index is 858. The van der Waals surface area contributed by atoms with Crippen LogP contribution in [-0.2, 0) is 4.74 Å². The van der Waals surface area contributed by atoms with E-state index in [-0.39, 0.29) is 5.92 Å². The summed E-state index contributed by atoms with van der Waals surface area (Å²) < 4.78 is 5.52. The molecule has 1 aliphatic rings. The van der Waals surface area contributed by atoms with Crippen molar-refractivity contribution in [2.75, 3.05) is 17.3 Å². The van der Waals surface area contributed by atoms with Gasteiger partial charge in [-0.1, -0.05) is 12.1 Å². The van der Waals surface area contributed by atoms with Crippen molar-refractivity contribution >= 4 is 40.1 Å². The lowest BCUT2D eigenvalue weighted by molar-refractivity contribution is 0.0582. The molecule has 1 unspecified atom stereocenters. The minimum atomic E-state index is -0.577. The van der Waals surface area contributed by atoms with Crippen molar-refractivity contribution in [3.63, 3.8) is 0 Å². The van der Waals surface area contributed by atoms with E-state index >= 15 is 0 Å². The van der Waals surface area contributed by atoms with E-state index in [4.69, 9.17) is 22.1 Å². The fourth-order valence-electron chi connectivity index (χ4n) is 3.17. The highest BCUT2D eigenvalue weighted by atomic mass is 35.5. The number of amides is 2. The molecule has 0 radical (unpaired) electrons. The van der Waals surface area contributed by atoms with Crippen molar-refractivity contribution in [2.24, 2.45) is 5.73 Å². The van der Waals surface area contributed by atoms with Gasteiger partial charge in [-0.3, -0.25) is 9.69 Å². The lowest BCUT2D eigenvalue weighted by atomic mass is 9.94. The molecule has 5 nitrogen and oxygen atoms in total. The molecule has 2 aromatic rings. The van der Waals surface area contributed by atoms with Crippen molar-refractivity contribution in [1.29, 1.82) is 0 Å². The number of anilines is 1. The second-order valence-electron chi connectivity index (χ2n) is 7.24. The van der Waals surface area contributed by atoms with Crippen LogP contribution in [0.4, 0.5) is 10.5 Å². The van der Waals surface area contributed by atoms with Crippen LogP contribution < -0.4 is 10.6 Å². The molecule has 1 atom stereocenters. The first-order valence-electron chi connectivity index (χ1n) is 8.14. The second kappa shape index (κ2) is 6.23. The number of nitrogens with two attached hydrogens (primary N) is 1. The zero-order valence-electron chi connectivity index (χ0n) is 14.5. The minimum absolute atomic E-state index is 0.0315. The van der Waals surface area contributed by atoms with E-state index in [0.29, 0.717) is 18.0 Å². The molecular weight excluding hydrogens is 340 g/mol. The van der Waals surface area contributed by atoms with Crippen molar-refractivity contribution in [3.05, 3.63) is 41.5 Å². The van der Waals surface area contributed by atoms with Crippen LogP contribution in [0.15, 0.2) is 30.3 Å². The SMILES string of the molecule is CC(C)(C)OC(=O)N1CC(CCl)c2c1ccc1ccc(C(N)=O)cc21. The summed E-state index contributed by atoms with van der Waals surface area (Å²) in [6, 6.07) is 9.16. The molecule has 0 spiro atoms. The first-order valence-corrected chi connectivity index (χ1v) is 8.67. The molecule has 2 amide bonds. The van der Waals surface area contributed by atoms with Crippen molar-refractivity contribution in [2.45, 2.75) is 32.3 Å². The molecule has 1 aliphatic heterocycles. The predicted molar refractivity (Wildman–Crippen MR) is 99.5 cm³/mol. The average Bonchev–Trinajstić information content (AvgIpc) is 2.92. The maximum Gasteiger partial charge on any atom is 0.414 e. The molecule has 2 N–H and O–H groups in total. The average molecular weight is 361 g/mol. The number of carbonyl (C=O) groups excluding carboxylic acids is 2. The van der Waals surface area contributed by atoms with Gasteiger partial charge in [0.1, 0.15) is 5.60 Å². The van der Waals surface area contributed by atoms with Crippen LogP contribution in [0.1, 0.15) is 42.6 Å². The Morgan fingerprint density at radius 2 is 1.96 bits per heavy atom. The molecule has 0 aromatic heterocycles. The van der Waals surface area contributed by atoms with Crippen LogP contribution >= 0.6 is 11.6 Å². The summed E-state index contributed by atoms with van der Waals surface area (Å²) in [6.07, 6.45) is -0.397. The molecule has 0 saturated carbocycles. The third-order valence-electron chi connectivity index (χ3n) is 4.23. The number of alkyl halides is 1. The zero-order valence-corrected chi connectivity index (χ0v) is 15.3. The Balaban J connectivity index is 2.13. The van der Waals surface area contributed by atoms with E-state index in [1.165, 1.54) is 0 Å². The quantitative estimate of drug-likeness (QED) is 0.822. The van der Waals surface area contributed by atoms with Crippen LogP contribution in [0, 0.1) is 0 Å². The molecular formula is C19H21ClN2O3. The van der Waals surface area contributed by atoms with E-state index in [1.54, 1.807) is 17.0 Å². The van der Waals surface area contributed by atoms with Gasteiger partial charge in [0.25, 0.3) is 0 Å². The summed E-state index contributed by atoms with van der Waals surface area (Å²) in [5.74, 6) is -0.147. The Hall–Kier alpha value is -2.27. The summed E-state index contributed by atoms with van der Waals surface area (Å²) in [4.78, 5) is 25.7. The lowest BCUT2D eigenvalue weighted by Crippen LogP contribution is -2.36. The highest BCUT2D eigenvalue weighted by Gasteiger charge is 2.35. The molecule has 25 heavy (non-hydrogen) atoms. The minimum Gasteiger partial charge on any atom is -0.443 e. The lowest BCUT2D eigenvalue weighted by Gasteiger charge is -2.25. The third kappa shape index (κ3) is 3.29. The van der Waals surface area contributed by atoms with Gasteiger partial charge >= 0.3 is 6.09 Å². The number of hydrogen-bond acceptors (Lipinski definition) is 3. The fourth-order valence-corrected chi connectivity index (χ4v) is 3.43. The predicted octanol–water partition coefficient (Wildman–Crippen LogP) is 4.02. The van der Waals surface area contributed by atoms with Crippen LogP contribution in [0.3, 0.4) is 0 Å². The summed E-state index contributed by atoms with van der Waals surface area (Å²) in [6.45, 7) is 5.95. The van der Waals surface area contributed by atoms with Crippen LogP contribution in [-0.4, -0.2) is 30.0 Å². The molecule has 2 aromatic carbocycles. The van der Waals surface area contributed by atoms with Gasteiger partial charge in [0, 0.05) is 23.9 Å². The maximum absolute atomic E-state index is 12.6. The normalized spacial score (nSPS) is 16.8. The second-order valence-corrected chi connectivity index (χ2v) is 7.55. The number of nitrogens with zero attached hydrogens (tertiary/aromatic N) is 1. The van der Waals surface area contributed by atoms with Gasteiger partial charge in [0.05, 0.1) is 5.69 Å². The number of halogens is 1. The summed E-state index contributed by atoms with van der Waals surface area (Å²) in [5, 5.41) is 1.87. The summed E-state index contributed by atoms with van der Waals surface area (Å²) in [5.41, 5.74) is 7.00. The van der Waals surface area contributed by atoms with E-state index < -0.39 is 17.6 Å². The highest BCUT2D eigenvalue weighted by Crippen LogP contribution is 2.42. The topological polar surface area (TPSA) is 72.6 Å². The van der Waals surface area contributed by atoms with E-state index in [2.05, 4.69) is 0 Å². The van der Waals surface area contributed by atoms with Gasteiger partial charge < -0.3 is 10.5 Å². The maximum atomic E-state index is 12.6. The van der Waals surface area contributed by atoms with Crippen LogP contribution in [0.25, 0.3) is 10.8 Å². The number of rotatable bonds is 2. The van der Waals surface area contributed by atoms with Gasteiger partial charge in [-0.05, 0) is 55.3 Å². The van der Waals surface area contributed by atoms with Gasteiger partial charge in [-0.2, -0.15) is 0 Å². The number of primary amides is 1. The first kappa shape index (κ1) is 17.5. The zero-order chi connectivity index (χ0) is 18.4. The molecule has 0 aliphatic carbocycles. The number of hydrogen-bond donors (Lipinski definition) is 1. The van der Waals surface area contributed by atoms with Gasteiger partial charge in [0.15, 0.2) is 0 Å². The van der Waals surface area contributed by atoms with Crippen LogP contribution in [0.2, 0.25) is 0 Å². The number of ether oxygens (including phenoxy) is 1. The molecule has 1 heterocycles. The standard InChI is InChI=1S/C19H21ClN2O3/c1-19(2,3)25-18(24)22-10-13(9-20)16-14-8-12(17(21)23)5-4-11(14)6-7-15(16)22/h4-8,13H,9-10H2,1-3H3,(H2,21,23). The third-order valence-corrected chi connectivity index (χ3v) is 4.60. The van der Waals surface area contributed by atoms with Crippen molar-refractivity contribution in [1.82, 2.24) is 0 Å². The van der Waals surface area contributed by atoms with Crippen molar-refractivity contribution in [3.8, 4) is 0 Å². The summed E-state index contributed by atoms with van der Waals surface area (Å²) in [7, 11) is 0. The number of carbonyl (C=O) groups is 2. The monoisotopic (exact) mass is 360 g/mol. The van der Waals surface area contributed by atoms with Crippen molar-refractivity contribution < 1.29 is 14.3 Å². The smallest absolute Gasteiger partial charge is 0.414 e. The van der Waals surface area contributed by atoms with Gasteiger partial charge in [-0.25, -0.2) is 4.79 Å². The van der Waals surface area contributed by atoms with Gasteiger partial charge in [-0.15, -0.1) is 11.6 Å². The van der Waals surface area contributed by atoms with Crippen LogP contribution in [0.5, 0.6) is 0 Å². The first-order chi connectivity index (χ1) is 11.7. The molecule has 0 saturated heterocycles. The number of fused-ring (bicyclic) bond motifs is 3. The Morgan fingerprint density at radius 3 is 2.56 bits per heavy atom. The van der Waals surface area contributed by atoms with E-state index in [9.17, 15) is 9.59 Å². The van der Waals surface area contributed by atoms with E-state index in [0.717, 1.165) is 22.0 Å².